The van der Waals surface area contributed by atoms with Crippen LogP contribution < -0.4 is 0 Å². The maximum Gasteiger partial charge on any atom is 0.171 e. The number of benzene rings is 1. The van der Waals surface area contributed by atoms with Crippen LogP contribution in [0.5, 0.6) is 0 Å². The molecule has 0 aromatic heterocycles. The lowest BCUT2D eigenvalue weighted by Crippen LogP contribution is -2.37. The summed E-state index contributed by atoms with van der Waals surface area (Å²) >= 11 is 12.2. The number of Topliss-reactive ketones (excluding diaryl/α,β-unsaturated/α-hetero) is 1. The molecule has 19 heavy (non-hydrogen) atoms. The number of halogens is 2. The first-order chi connectivity index (χ1) is 8.92. The monoisotopic (exact) mass is 299 g/mol. The summed E-state index contributed by atoms with van der Waals surface area (Å²) in [4.78, 5) is 17.3. The molecule has 1 fully saturated rings. The molecule has 4 nitrogen and oxygen atoms in total. The van der Waals surface area contributed by atoms with Gasteiger partial charge >= 0.3 is 0 Å². The van der Waals surface area contributed by atoms with Gasteiger partial charge in [-0.25, -0.2) is 0 Å². The van der Waals surface area contributed by atoms with Crippen LogP contribution >= 0.6 is 23.2 Å². The second-order valence-electron chi connectivity index (χ2n) is 5.08. The summed E-state index contributed by atoms with van der Waals surface area (Å²) in [5.41, 5.74) is -0.298. The summed E-state index contributed by atoms with van der Waals surface area (Å²) in [6, 6.07) is 5.07. The number of nitrogens with zero attached hydrogens (tertiary/aromatic N) is 1. The van der Waals surface area contributed by atoms with Crippen molar-refractivity contribution in [1.29, 1.82) is 0 Å². The lowest BCUT2D eigenvalue weighted by atomic mass is 9.91. The van der Waals surface area contributed by atoms with Crippen molar-refractivity contribution < 1.29 is 14.7 Å². The van der Waals surface area contributed by atoms with Crippen LogP contribution in [0.2, 0.25) is 10.0 Å². The van der Waals surface area contributed by atoms with Crippen LogP contribution in [-0.4, -0.2) is 28.3 Å². The fraction of sp³-hybridized carbons (Fsp3) is 0.385. The second kappa shape index (κ2) is 4.20. The van der Waals surface area contributed by atoms with Crippen LogP contribution in [0.15, 0.2) is 23.4 Å². The molecule has 0 saturated heterocycles. The number of ketones is 1. The molecule has 0 radical (unpaired) electrons. The van der Waals surface area contributed by atoms with Crippen molar-refractivity contribution in [1.82, 2.24) is 0 Å². The zero-order valence-corrected chi connectivity index (χ0v) is 11.6. The van der Waals surface area contributed by atoms with Crippen LogP contribution in [0.25, 0.3) is 0 Å². The normalized spacial score (nSPS) is 33.1. The lowest BCUT2D eigenvalue weighted by Gasteiger charge is -2.21. The number of oxime groups is 1. The molecule has 1 aliphatic heterocycles. The third-order valence-corrected chi connectivity index (χ3v) is 4.20. The Labute approximate surface area is 119 Å². The van der Waals surface area contributed by atoms with Crippen molar-refractivity contribution in [3.8, 4) is 0 Å². The van der Waals surface area contributed by atoms with Crippen LogP contribution in [0.3, 0.4) is 0 Å². The van der Waals surface area contributed by atoms with E-state index in [1.54, 1.807) is 25.1 Å². The van der Waals surface area contributed by atoms with E-state index in [1.165, 1.54) is 0 Å². The Morgan fingerprint density at radius 3 is 2.68 bits per heavy atom. The summed E-state index contributed by atoms with van der Waals surface area (Å²) in [6.07, 6.45) is -0.619. The van der Waals surface area contributed by atoms with Gasteiger partial charge in [0.2, 0.25) is 0 Å². The number of carbonyl (C=O) groups is 1. The minimum atomic E-state index is -1.21. The molecule has 1 saturated carbocycles. The molecule has 0 unspecified atom stereocenters. The molecule has 1 aromatic rings. The number of aliphatic hydroxyl groups is 1. The maximum absolute atomic E-state index is 12.1. The number of fused-ring (bicyclic) bond motifs is 1. The van der Waals surface area contributed by atoms with Crippen LogP contribution in [0, 0.1) is 5.92 Å². The minimum Gasteiger partial charge on any atom is -0.388 e. The minimum absolute atomic E-state index is 0.0451. The van der Waals surface area contributed by atoms with E-state index in [0.717, 1.165) is 0 Å². The second-order valence-corrected chi connectivity index (χ2v) is 5.89. The average Bonchev–Trinajstić information content (AvgIpc) is 2.81. The molecule has 1 aromatic carbocycles. The zero-order valence-electron chi connectivity index (χ0n) is 10.1. The number of rotatable bonds is 1. The Hall–Kier alpha value is -1.10. The Kier molecular flexibility index (Phi) is 2.85. The van der Waals surface area contributed by atoms with Gasteiger partial charge in [0.05, 0.1) is 10.0 Å². The summed E-state index contributed by atoms with van der Waals surface area (Å²) < 4.78 is 0. The van der Waals surface area contributed by atoms with Gasteiger partial charge in [0, 0.05) is 12.0 Å². The zero-order chi connectivity index (χ0) is 13.8. The van der Waals surface area contributed by atoms with E-state index in [1.807, 2.05) is 0 Å². The van der Waals surface area contributed by atoms with Crippen molar-refractivity contribution in [3.63, 3.8) is 0 Å². The summed E-state index contributed by atoms with van der Waals surface area (Å²) in [5.74, 6) is -0.713. The lowest BCUT2D eigenvalue weighted by molar-refractivity contribution is -0.119. The van der Waals surface area contributed by atoms with Gasteiger partial charge in [0.15, 0.2) is 6.10 Å². The van der Waals surface area contributed by atoms with E-state index in [0.29, 0.717) is 21.3 Å². The predicted molar refractivity (Wildman–Crippen MR) is 71.6 cm³/mol. The van der Waals surface area contributed by atoms with Gasteiger partial charge in [-0.2, -0.15) is 0 Å². The van der Waals surface area contributed by atoms with Crippen LogP contribution in [-0.2, 0) is 9.63 Å². The molecular weight excluding hydrogens is 289 g/mol. The van der Waals surface area contributed by atoms with Crippen molar-refractivity contribution >= 4 is 34.7 Å². The van der Waals surface area contributed by atoms with Crippen molar-refractivity contribution in [3.05, 3.63) is 33.8 Å². The highest BCUT2D eigenvalue weighted by Crippen LogP contribution is 2.42. The third kappa shape index (κ3) is 1.86. The summed E-state index contributed by atoms with van der Waals surface area (Å²) in [5, 5.41) is 14.9. The van der Waals surface area contributed by atoms with E-state index in [-0.39, 0.29) is 12.2 Å². The smallest absolute Gasteiger partial charge is 0.171 e. The average molecular weight is 300 g/mol. The number of carbonyl (C=O) groups excluding carboxylic acids is 1. The Morgan fingerprint density at radius 1 is 1.42 bits per heavy atom. The van der Waals surface area contributed by atoms with Gasteiger partial charge in [-0.1, -0.05) is 34.4 Å². The largest absolute Gasteiger partial charge is 0.388 e. The van der Waals surface area contributed by atoms with E-state index >= 15 is 0 Å². The standard InChI is InChI=1S/C13H11Cl2NO3/c1-13(18)5-8(17)10-11(16-19-12(10)13)9-6(14)3-2-4-7(9)15/h2-4,10,12,18H,5H2,1H3/t10-,12+,13+/m0/s1. The Bertz CT molecular complexity index is 577. The molecule has 3 atom stereocenters. The molecule has 1 heterocycles. The quantitative estimate of drug-likeness (QED) is 0.866. The molecule has 2 aliphatic rings. The first-order valence-corrected chi connectivity index (χ1v) is 6.60. The van der Waals surface area contributed by atoms with Crippen molar-refractivity contribution in [2.24, 2.45) is 11.1 Å². The maximum atomic E-state index is 12.1. The van der Waals surface area contributed by atoms with Crippen LogP contribution in [0.1, 0.15) is 18.9 Å². The van der Waals surface area contributed by atoms with Crippen LogP contribution in [0.4, 0.5) is 0 Å². The highest BCUT2D eigenvalue weighted by atomic mass is 35.5. The van der Waals surface area contributed by atoms with Gasteiger partial charge in [-0.05, 0) is 19.1 Å². The topological polar surface area (TPSA) is 58.9 Å². The van der Waals surface area contributed by atoms with E-state index in [4.69, 9.17) is 28.0 Å². The molecule has 0 spiro atoms. The molecule has 1 aliphatic carbocycles. The number of hydrogen-bond acceptors (Lipinski definition) is 4. The molecule has 100 valence electrons. The molecule has 6 heteroatoms. The third-order valence-electron chi connectivity index (χ3n) is 3.57. The van der Waals surface area contributed by atoms with Crippen molar-refractivity contribution in [2.45, 2.75) is 25.0 Å². The predicted octanol–water partition coefficient (Wildman–Crippen LogP) is 2.44. The molecule has 1 N–H and O–H groups in total. The summed E-state index contributed by atoms with van der Waals surface area (Å²) in [7, 11) is 0. The number of hydrogen-bond donors (Lipinski definition) is 1. The highest BCUT2D eigenvalue weighted by molar-refractivity contribution is 6.41. The highest BCUT2D eigenvalue weighted by Gasteiger charge is 2.57. The van der Waals surface area contributed by atoms with Gasteiger partial charge in [0.25, 0.3) is 0 Å². The van der Waals surface area contributed by atoms with E-state index in [9.17, 15) is 9.90 Å². The first-order valence-electron chi connectivity index (χ1n) is 5.85. The summed E-state index contributed by atoms with van der Waals surface area (Å²) in [6.45, 7) is 1.57. The molecule has 0 amide bonds. The van der Waals surface area contributed by atoms with Gasteiger partial charge < -0.3 is 9.94 Å². The first kappa shape index (κ1) is 12.9. The van der Waals surface area contributed by atoms with E-state index < -0.39 is 17.6 Å². The molecule has 3 rings (SSSR count). The SMILES string of the molecule is C[C@@]1(O)CC(=O)[C@H]2C(c3c(Cl)cccc3Cl)=NO[C@H]21. The Balaban J connectivity index is 2.07. The molecular formula is C13H11Cl2NO3. The Morgan fingerprint density at radius 2 is 2.05 bits per heavy atom. The fourth-order valence-electron chi connectivity index (χ4n) is 2.68. The van der Waals surface area contributed by atoms with E-state index in [2.05, 4.69) is 5.16 Å². The van der Waals surface area contributed by atoms with Gasteiger partial charge in [-0.3, -0.25) is 4.79 Å². The fourth-order valence-corrected chi connectivity index (χ4v) is 3.27. The van der Waals surface area contributed by atoms with Crippen molar-refractivity contribution in [2.75, 3.05) is 0 Å². The van der Waals surface area contributed by atoms with Gasteiger partial charge in [0.1, 0.15) is 23.0 Å². The van der Waals surface area contributed by atoms with Gasteiger partial charge in [-0.15, -0.1) is 0 Å². The molecule has 0 bridgehead atoms.